The summed E-state index contributed by atoms with van der Waals surface area (Å²) in [5.74, 6) is 0. The van der Waals surface area contributed by atoms with Crippen molar-refractivity contribution < 1.29 is 4.74 Å². The Balaban J connectivity index is 1.92. The van der Waals surface area contributed by atoms with E-state index in [1.54, 1.807) is 0 Å². The van der Waals surface area contributed by atoms with E-state index < -0.39 is 0 Å². The van der Waals surface area contributed by atoms with Crippen LogP contribution in [-0.4, -0.2) is 34.6 Å². The van der Waals surface area contributed by atoms with Gasteiger partial charge in [-0.1, -0.05) is 6.07 Å². The Kier molecular flexibility index (Phi) is 3.47. The number of hydrogen-bond acceptors (Lipinski definition) is 3. The molecule has 4 heteroatoms. The molecule has 0 bridgehead atoms. The van der Waals surface area contributed by atoms with Crippen LogP contribution in [0.1, 0.15) is 25.0 Å². The van der Waals surface area contributed by atoms with Crippen LogP contribution in [0, 0.1) is 11.3 Å². The first-order valence-electron chi connectivity index (χ1n) is 7.03. The van der Waals surface area contributed by atoms with E-state index in [2.05, 4.69) is 31.0 Å². The van der Waals surface area contributed by atoms with Gasteiger partial charge in [-0.05, 0) is 26.0 Å². The number of hydrogen-bond donors (Lipinski definition) is 0. The Morgan fingerprint density at radius 3 is 3.05 bits per heavy atom. The van der Waals surface area contributed by atoms with Gasteiger partial charge in [0.1, 0.15) is 6.07 Å². The third-order valence-electron chi connectivity index (χ3n) is 3.98. The van der Waals surface area contributed by atoms with Gasteiger partial charge in [-0.25, -0.2) is 0 Å². The number of nitrogens with zero attached hydrogens (tertiary/aromatic N) is 3. The maximum absolute atomic E-state index is 9.45. The van der Waals surface area contributed by atoms with Crippen LogP contribution >= 0.6 is 0 Å². The number of fused-ring (bicyclic) bond motifs is 1. The number of morpholine rings is 1. The zero-order chi connectivity index (χ0) is 14.1. The van der Waals surface area contributed by atoms with Crippen LogP contribution < -0.4 is 0 Å². The molecule has 0 amide bonds. The van der Waals surface area contributed by atoms with Crippen molar-refractivity contribution >= 4 is 5.52 Å². The molecule has 1 aliphatic heterocycles. The monoisotopic (exact) mass is 269 g/mol. The standard InChI is InChI=1S/C16H19N3O/c1-12-11-20-13(2)8-19(12)10-14-9-18-6-4-3-5-16(18)15(14)7-17/h3-6,9,12-13H,8,10-11H2,1-2H3/t12-,13-/m1/s1. The van der Waals surface area contributed by atoms with Gasteiger partial charge in [0.2, 0.25) is 0 Å². The molecule has 0 aliphatic carbocycles. The van der Waals surface area contributed by atoms with E-state index in [1.165, 1.54) is 0 Å². The summed E-state index contributed by atoms with van der Waals surface area (Å²) in [7, 11) is 0. The molecule has 2 aromatic heterocycles. The number of nitriles is 1. The highest BCUT2D eigenvalue weighted by Gasteiger charge is 2.24. The molecule has 0 saturated carbocycles. The van der Waals surface area contributed by atoms with Crippen molar-refractivity contribution in [2.24, 2.45) is 0 Å². The van der Waals surface area contributed by atoms with Crippen molar-refractivity contribution in [1.82, 2.24) is 9.30 Å². The molecule has 1 aliphatic rings. The second kappa shape index (κ2) is 5.28. The Bertz CT molecular complexity index is 655. The molecule has 0 aromatic carbocycles. The van der Waals surface area contributed by atoms with E-state index in [1.807, 2.05) is 28.8 Å². The number of rotatable bonds is 2. The third-order valence-corrected chi connectivity index (χ3v) is 3.98. The van der Waals surface area contributed by atoms with E-state index >= 15 is 0 Å². The van der Waals surface area contributed by atoms with Gasteiger partial charge in [0.25, 0.3) is 0 Å². The minimum Gasteiger partial charge on any atom is -0.376 e. The van der Waals surface area contributed by atoms with Crippen molar-refractivity contribution in [2.45, 2.75) is 32.5 Å². The van der Waals surface area contributed by atoms with Crippen molar-refractivity contribution in [3.8, 4) is 6.07 Å². The van der Waals surface area contributed by atoms with E-state index in [0.717, 1.165) is 36.3 Å². The van der Waals surface area contributed by atoms with Gasteiger partial charge >= 0.3 is 0 Å². The fourth-order valence-corrected chi connectivity index (χ4v) is 2.84. The summed E-state index contributed by atoms with van der Waals surface area (Å²) < 4.78 is 7.69. The maximum atomic E-state index is 9.45. The molecular formula is C16H19N3O. The largest absolute Gasteiger partial charge is 0.376 e. The van der Waals surface area contributed by atoms with Crippen LogP contribution in [-0.2, 0) is 11.3 Å². The van der Waals surface area contributed by atoms with Crippen LogP contribution in [0.5, 0.6) is 0 Å². The molecule has 2 atom stereocenters. The molecule has 4 nitrogen and oxygen atoms in total. The predicted molar refractivity (Wildman–Crippen MR) is 77.4 cm³/mol. The molecular weight excluding hydrogens is 250 g/mol. The van der Waals surface area contributed by atoms with Crippen molar-refractivity contribution in [3.63, 3.8) is 0 Å². The summed E-state index contributed by atoms with van der Waals surface area (Å²) in [4.78, 5) is 2.39. The average molecular weight is 269 g/mol. The number of ether oxygens (including phenoxy) is 1. The topological polar surface area (TPSA) is 40.7 Å². The molecule has 1 fully saturated rings. The maximum Gasteiger partial charge on any atom is 0.102 e. The Hall–Kier alpha value is -1.83. The highest BCUT2D eigenvalue weighted by Crippen LogP contribution is 2.22. The van der Waals surface area contributed by atoms with Gasteiger partial charge in [-0.2, -0.15) is 5.26 Å². The van der Waals surface area contributed by atoms with Gasteiger partial charge in [-0.3, -0.25) is 4.90 Å². The Morgan fingerprint density at radius 2 is 2.25 bits per heavy atom. The van der Waals surface area contributed by atoms with E-state index in [0.29, 0.717) is 6.04 Å². The molecule has 0 N–H and O–H groups in total. The summed E-state index contributed by atoms with van der Waals surface area (Å²) in [5, 5.41) is 9.45. The minimum absolute atomic E-state index is 0.258. The minimum atomic E-state index is 0.258. The molecule has 1 saturated heterocycles. The number of pyridine rings is 1. The highest BCUT2D eigenvalue weighted by atomic mass is 16.5. The second-order valence-corrected chi connectivity index (χ2v) is 5.56. The van der Waals surface area contributed by atoms with Gasteiger partial charge < -0.3 is 9.14 Å². The predicted octanol–water partition coefficient (Wildman–Crippen LogP) is 2.42. The normalized spacial score (nSPS) is 23.9. The van der Waals surface area contributed by atoms with Crippen LogP contribution in [0.3, 0.4) is 0 Å². The smallest absolute Gasteiger partial charge is 0.102 e. The quantitative estimate of drug-likeness (QED) is 0.840. The van der Waals surface area contributed by atoms with Crippen LogP contribution in [0.4, 0.5) is 0 Å². The summed E-state index contributed by atoms with van der Waals surface area (Å²) in [6, 6.07) is 8.69. The Labute approximate surface area is 119 Å². The molecule has 3 rings (SSSR count). The lowest BCUT2D eigenvalue weighted by Gasteiger charge is -2.36. The lowest BCUT2D eigenvalue weighted by Crippen LogP contribution is -2.46. The summed E-state index contributed by atoms with van der Waals surface area (Å²) in [6.07, 6.45) is 4.32. The van der Waals surface area contributed by atoms with E-state index in [4.69, 9.17) is 4.74 Å². The first-order valence-corrected chi connectivity index (χ1v) is 7.03. The molecule has 2 aromatic rings. The fourth-order valence-electron chi connectivity index (χ4n) is 2.84. The molecule has 0 spiro atoms. The van der Waals surface area contributed by atoms with Crippen molar-refractivity contribution in [1.29, 1.82) is 5.26 Å². The highest BCUT2D eigenvalue weighted by molar-refractivity contribution is 5.65. The fraction of sp³-hybridized carbons (Fsp3) is 0.438. The molecule has 20 heavy (non-hydrogen) atoms. The lowest BCUT2D eigenvalue weighted by molar-refractivity contribution is -0.0526. The van der Waals surface area contributed by atoms with Crippen LogP contribution in [0.2, 0.25) is 0 Å². The zero-order valence-electron chi connectivity index (χ0n) is 11.9. The van der Waals surface area contributed by atoms with Gasteiger partial charge in [-0.15, -0.1) is 0 Å². The van der Waals surface area contributed by atoms with Gasteiger partial charge in [0.05, 0.1) is 23.8 Å². The zero-order valence-corrected chi connectivity index (χ0v) is 11.9. The van der Waals surface area contributed by atoms with Crippen LogP contribution in [0.15, 0.2) is 30.6 Å². The van der Waals surface area contributed by atoms with Crippen molar-refractivity contribution in [3.05, 3.63) is 41.7 Å². The first kappa shape index (κ1) is 13.2. The average Bonchev–Trinajstić information content (AvgIpc) is 2.80. The molecule has 0 unspecified atom stereocenters. The summed E-state index contributed by atoms with van der Waals surface area (Å²) >= 11 is 0. The SMILES string of the molecule is C[C@@H]1CN(Cc2cn3ccccc3c2C#N)[C@H](C)CO1. The van der Waals surface area contributed by atoms with Gasteiger partial charge in [0.15, 0.2) is 0 Å². The molecule has 0 radical (unpaired) electrons. The van der Waals surface area contributed by atoms with E-state index in [9.17, 15) is 5.26 Å². The molecule has 3 heterocycles. The first-order chi connectivity index (χ1) is 9.69. The summed E-state index contributed by atoms with van der Waals surface area (Å²) in [5.41, 5.74) is 2.87. The van der Waals surface area contributed by atoms with E-state index in [-0.39, 0.29) is 6.10 Å². The van der Waals surface area contributed by atoms with Crippen molar-refractivity contribution in [2.75, 3.05) is 13.2 Å². The second-order valence-electron chi connectivity index (χ2n) is 5.56. The third kappa shape index (κ3) is 2.31. The molecule has 104 valence electrons. The summed E-state index contributed by atoms with van der Waals surface area (Å²) in [6.45, 7) is 6.75. The Morgan fingerprint density at radius 1 is 1.40 bits per heavy atom. The lowest BCUT2D eigenvalue weighted by atomic mass is 10.1. The van der Waals surface area contributed by atoms with Gasteiger partial charge in [0, 0.05) is 37.1 Å². The number of aromatic nitrogens is 1. The van der Waals surface area contributed by atoms with Crippen LogP contribution in [0.25, 0.3) is 5.52 Å².